The first kappa shape index (κ1) is 26.4. The number of anilines is 1. The summed E-state index contributed by atoms with van der Waals surface area (Å²) in [5.41, 5.74) is 1.87. The molecular formula is C16H23Cl2N5O6. The zero-order chi connectivity index (χ0) is 19.5. The van der Waals surface area contributed by atoms with Crippen molar-refractivity contribution in [2.45, 2.75) is 6.42 Å². The first-order valence-electron chi connectivity index (χ1n) is 8.41. The van der Waals surface area contributed by atoms with E-state index in [1.807, 2.05) is 35.2 Å². The molecule has 0 amide bonds. The van der Waals surface area contributed by atoms with E-state index in [1.54, 1.807) is 6.20 Å². The van der Waals surface area contributed by atoms with E-state index in [-0.39, 0.29) is 51.1 Å². The van der Waals surface area contributed by atoms with Crippen LogP contribution >= 0.6 is 24.8 Å². The molecule has 1 aromatic heterocycles. The van der Waals surface area contributed by atoms with Gasteiger partial charge in [0, 0.05) is 36.9 Å². The Kier molecular flexibility index (Phi) is 13.1. The Morgan fingerprint density at radius 2 is 1.59 bits per heavy atom. The third-order valence-electron chi connectivity index (χ3n) is 3.82. The highest BCUT2D eigenvalue weighted by atomic mass is 35.5. The van der Waals surface area contributed by atoms with Crippen LogP contribution in [0.4, 0.5) is 5.69 Å². The summed E-state index contributed by atoms with van der Waals surface area (Å²) in [6.07, 6.45) is 2.47. The van der Waals surface area contributed by atoms with E-state index in [2.05, 4.69) is 20.0 Å². The summed E-state index contributed by atoms with van der Waals surface area (Å²) in [4.78, 5) is 35.2. The Bertz CT molecular complexity index is 744. The van der Waals surface area contributed by atoms with Gasteiger partial charge in [0.25, 0.3) is 10.2 Å². The van der Waals surface area contributed by atoms with E-state index < -0.39 is 10.2 Å². The van der Waals surface area contributed by atoms with Crippen molar-refractivity contribution in [3.05, 3.63) is 56.8 Å². The second kappa shape index (κ2) is 14.4. The van der Waals surface area contributed by atoms with Gasteiger partial charge >= 0.3 is 0 Å². The summed E-state index contributed by atoms with van der Waals surface area (Å²) in [5, 5.41) is 23.1. The topological polar surface area (TPSA) is 133 Å². The van der Waals surface area contributed by atoms with E-state index in [1.165, 1.54) is 0 Å². The molecule has 2 aromatic rings. The second-order valence-corrected chi connectivity index (χ2v) is 5.61. The normalized spacial score (nSPS) is 9.97. The zero-order valence-corrected chi connectivity index (χ0v) is 17.1. The predicted octanol–water partition coefficient (Wildman–Crippen LogP) is 2.60. The molecule has 11 nitrogen and oxygen atoms in total. The average Bonchev–Trinajstić information content (AvgIpc) is 2.64. The molecule has 0 spiro atoms. The van der Waals surface area contributed by atoms with Crippen LogP contribution in [-0.4, -0.2) is 59.4 Å². The summed E-state index contributed by atoms with van der Waals surface area (Å²) in [6.45, 7) is 1.59. The van der Waals surface area contributed by atoms with Crippen molar-refractivity contribution >= 4 is 41.4 Å². The molecule has 0 aliphatic heterocycles. The third kappa shape index (κ3) is 9.92. The van der Waals surface area contributed by atoms with E-state index in [9.17, 15) is 20.2 Å². The van der Waals surface area contributed by atoms with Gasteiger partial charge in [0.1, 0.15) is 13.2 Å². The minimum atomic E-state index is -0.859. The van der Waals surface area contributed by atoms with Crippen LogP contribution in [0.5, 0.6) is 0 Å². The number of hydrogen-bond acceptors (Lipinski definition) is 9. The van der Waals surface area contributed by atoms with Crippen molar-refractivity contribution in [3.8, 4) is 0 Å². The largest absolute Gasteiger partial charge is 0.384 e. The average molecular weight is 452 g/mol. The second-order valence-electron chi connectivity index (χ2n) is 5.61. The monoisotopic (exact) mass is 451 g/mol. The summed E-state index contributed by atoms with van der Waals surface area (Å²) >= 11 is 0. The molecule has 0 unspecified atom stereocenters. The molecule has 0 bridgehead atoms. The van der Waals surface area contributed by atoms with E-state index >= 15 is 0 Å². The van der Waals surface area contributed by atoms with Gasteiger partial charge in [0.05, 0.1) is 5.52 Å². The third-order valence-corrected chi connectivity index (χ3v) is 3.82. The molecule has 1 aromatic carbocycles. The fourth-order valence-corrected chi connectivity index (χ4v) is 2.60. The van der Waals surface area contributed by atoms with Crippen LogP contribution in [-0.2, 0) is 9.68 Å². The number of halogens is 2. The molecule has 13 heteroatoms. The summed E-state index contributed by atoms with van der Waals surface area (Å²) in [7, 11) is 0. The fraction of sp³-hybridized carbons (Fsp3) is 0.438. The molecule has 0 fully saturated rings. The lowest BCUT2D eigenvalue weighted by atomic mass is 10.2. The van der Waals surface area contributed by atoms with Gasteiger partial charge in [-0.25, -0.2) is 0 Å². The highest BCUT2D eigenvalue weighted by molar-refractivity contribution is 5.90. The van der Waals surface area contributed by atoms with Crippen molar-refractivity contribution in [3.63, 3.8) is 0 Å². The maximum atomic E-state index is 10.2. The highest BCUT2D eigenvalue weighted by Gasteiger charge is 2.08. The van der Waals surface area contributed by atoms with Gasteiger partial charge in [-0.2, -0.15) is 0 Å². The number of nitrogens with zero attached hydrogens (tertiary/aromatic N) is 4. The predicted molar refractivity (Wildman–Crippen MR) is 112 cm³/mol. The number of para-hydroxylation sites is 1. The van der Waals surface area contributed by atoms with Gasteiger partial charge < -0.3 is 15.0 Å². The van der Waals surface area contributed by atoms with E-state index in [0.717, 1.165) is 23.0 Å². The molecule has 0 saturated heterocycles. The summed E-state index contributed by atoms with van der Waals surface area (Å²) < 4.78 is 0. The number of fused-ring (bicyclic) bond motifs is 1. The van der Waals surface area contributed by atoms with Crippen LogP contribution in [0.3, 0.4) is 0 Å². The highest BCUT2D eigenvalue weighted by Crippen LogP contribution is 2.20. The molecule has 2 rings (SSSR count). The van der Waals surface area contributed by atoms with Gasteiger partial charge in [0.2, 0.25) is 0 Å². The molecule has 1 N–H and O–H groups in total. The quantitative estimate of drug-likeness (QED) is 0.277. The smallest absolute Gasteiger partial charge is 0.294 e. The van der Waals surface area contributed by atoms with Gasteiger partial charge in [0.15, 0.2) is 0 Å². The van der Waals surface area contributed by atoms with Gasteiger partial charge in [-0.05, 0) is 25.1 Å². The van der Waals surface area contributed by atoms with Crippen molar-refractivity contribution in [2.24, 2.45) is 0 Å². The molecule has 0 saturated carbocycles. The molecule has 1 heterocycles. The SMILES string of the molecule is Cl.Cl.O=[N+]([O-])OCCN(CCCNc1ccnc2ccccc12)CCO[N+](=O)[O-]. The van der Waals surface area contributed by atoms with Crippen molar-refractivity contribution in [1.82, 2.24) is 9.88 Å². The standard InChI is InChI=1S/C16H21N5O6.2ClH/c22-20(23)26-12-10-19(11-13-27-21(24)25)9-3-7-17-16-6-8-18-15-5-2-1-4-14(15)16;;/h1-2,4-6,8H,3,7,9-13H2,(H,17,18);2*1H. The Labute approximate surface area is 179 Å². The van der Waals surface area contributed by atoms with Gasteiger partial charge in [-0.1, -0.05) is 18.2 Å². The minimum absolute atomic E-state index is 0. The lowest BCUT2D eigenvalue weighted by Gasteiger charge is -2.21. The maximum Gasteiger partial charge on any atom is 0.294 e. The van der Waals surface area contributed by atoms with Gasteiger partial charge in [-0.15, -0.1) is 45.0 Å². The van der Waals surface area contributed by atoms with Crippen LogP contribution in [0.1, 0.15) is 6.42 Å². The molecule has 29 heavy (non-hydrogen) atoms. The first-order valence-corrected chi connectivity index (χ1v) is 8.41. The summed E-state index contributed by atoms with van der Waals surface area (Å²) in [5.74, 6) is 0. The van der Waals surface area contributed by atoms with E-state index in [0.29, 0.717) is 13.1 Å². The molecule has 0 aliphatic rings. The minimum Gasteiger partial charge on any atom is -0.384 e. The number of aromatic nitrogens is 1. The van der Waals surface area contributed by atoms with E-state index in [4.69, 9.17) is 0 Å². The molecule has 0 radical (unpaired) electrons. The number of benzene rings is 1. The Hall–Kier alpha value is -2.63. The van der Waals surface area contributed by atoms with Crippen molar-refractivity contribution < 1.29 is 19.8 Å². The Morgan fingerprint density at radius 3 is 2.21 bits per heavy atom. The molecule has 0 aliphatic carbocycles. The fourth-order valence-electron chi connectivity index (χ4n) is 2.60. The number of rotatable bonds is 13. The zero-order valence-electron chi connectivity index (χ0n) is 15.5. The van der Waals surface area contributed by atoms with Gasteiger partial charge in [-0.3, -0.25) is 9.88 Å². The molecule has 0 atom stereocenters. The Balaban J connectivity index is 0.00000392. The first-order chi connectivity index (χ1) is 13.1. The summed E-state index contributed by atoms with van der Waals surface area (Å²) in [6, 6.07) is 9.70. The van der Waals surface area contributed by atoms with Crippen LogP contribution in [0, 0.1) is 20.2 Å². The lowest BCUT2D eigenvalue weighted by molar-refractivity contribution is -0.758. The van der Waals surface area contributed by atoms with Crippen LogP contribution in [0.15, 0.2) is 36.5 Å². The number of nitrogens with one attached hydrogen (secondary N) is 1. The van der Waals surface area contributed by atoms with Crippen LogP contribution < -0.4 is 5.32 Å². The number of pyridine rings is 1. The maximum absolute atomic E-state index is 10.2. The van der Waals surface area contributed by atoms with Crippen LogP contribution in [0.2, 0.25) is 0 Å². The molecule has 162 valence electrons. The Morgan fingerprint density at radius 1 is 0.966 bits per heavy atom. The molecular weight excluding hydrogens is 429 g/mol. The number of hydrogen-bond donors (Lipinski definition) is 1. The van der Waals surface area contributed by atoms with Crippen molar-refractivity contribution in [1.29, 1.82) is 0 Å². The van der Waals surface area contributed by atoms with Crippen molar-refractivity contribution in [2.75, 3.05) is 44.7 Å². The lowest BCUT2D eigenvalue weighted by Crippen LogP contribution is -2.33. The van der Waals surface area contributed by atoms with Crippen LogP contribution in [0.25, 0.3) is 10.9 Å².